The number of benzene rings is 1. The average Bonchev–Trinajstić information content (AvgIpc) is 2.81. The van der Waals surface area contributed by atoms with Crippen LogP contribution in [-0.4, -0.2) is 22.2 Å². The van der Waals surface area contributed by atoms with Crippen LogP contribution in [0.2, 0.25) is 0 Å². The largest absolute Gasteiger partial charge is 0.478 e. The Balaban J connectivity index is 2.61. The van der Waals surface area contributed by atoms with Crippen molar-refractivity contribution in [2.24, 2.45) is 0 Å². The fourth-order valence-corrected chi connectivity index (χ4v) is 2.18. The molecule has 0 radical (unpaired) electrons. The predicted molar refractivity (Wildman–Crippen MR) is 63.7 cm³/mol. The molecule has 1 aromatic carbocycles. The van der Waals surface area contributed by atoms with E-state index in [2.05, 4.69) is 0 Å². The van der Waals surface area contributed by atoms with Crippen LogP contribution in [0.1, 0.15) is 20.7 Å². The molecule has 0 spiro atoms. The molecular formula is C12H8O4S. The highest BCUT2D eigenvalue weighted by Gasteiger charge is 2.15. The van der Waals surface area contributed by atoms with Crippen molar-refractivity contribution < 1.29 is 19.8 Å². The second-order valence-electron chi connectivity index (χ2n) is 3.38. The number of rotatable bonds is 3. The molecule has 2 N–H and O–H groups in total. The molecule has 0 fully saturated rings. The summed E-state index contributed by atoms with van der Waals surface area (Å²) in [5.74, 6) is -2.27. The number of carbonyl (C=O) groups is 2. The third-order valence-electron chi connectivity index (χ3n) is 2.33. The van der Waals surface area contributed by atoms with Gasteiger partial charge in [0.1, 0.15) is 0 Å². The third-order valence-corrected chi connectivity index (χ3v) is 3.01. The fraction of sp³-hybridized carbons (Fsp3) is 0. The van der Waals surface area contributed by atoms with Crippen LogP contribution in [-0.2, 0) is 0 Å². The summed E-state index contributed by atoms with van der Waals surface area (Å²) in [6.07, 6.45) is 0. The van der Waals surface area contributed by atoms with Crippen LogP contribution in [0.4, 0.5) is 0 Å². The van der Waals surface area contributed by atoms with E-state index in [1.807, 2.05) is 10.8 Å². The summed E-state index contributed by atoms with van der Waals surface area (Å²) in [7, 11) is 0. The van der Waals surface area contributed by atoms with Crippen LogP contribution in [0.3, 0.4) is 0 Å². The number of thiophene rings is 1. The molecule has 4 nitrogen and oxygen atoms in total. The highest BCUT2D eigenvalue weighted by molar-refractivity contribution is 7.08. The average molecular weight is 248 g/mol. The van der Waals surface area contributed by atoms with E-state index in [-0.39, 0.29) is 11.1 Å². The van der Waals surface area contributed by atoms with Gasteiger partial charge in [0.05, 0.1) is 11.1 Å². The molecule has 1 heterocycles. The van der Waals surface area contributed by atoms with Crippen LogP contribution >= 0.6 is 11.3 Å². The normalized spacial score (nSPS) is 10.1. The summed E-state index contributed by atoms with van der Waals surface area (Å²) in [5.41, 5.74) is 1.29. The molecule has 17 heavy (non-hydrogen) atoms. The van der Waals surface area contributed by atoms with E-state index in [0.717, 1.165) is 5.56 Å². The van der Waals surface area contributed by atoms with Gasteiger partial charge in [-0.25, -0.2) is 9.59 Å². The van der Waals surface area contributed by atoms with E-state index in [1.54, 1.807) is 6.07 Å². The first-order valence-corrected chi connectivity index (χ1v) is 5.67. The molecule has 0 aliphatic carbocycles. The van der Waals surface area contributed by atoms with E-state index in [9.17, 15) is 9.59 Å². The number of hydrogen-bond acceptors (Lipinski definition) is 3. The second-order valence-corrected chi connectivity index (χ2v) is 4.16. The first-order valence-electron chi connectivity index (χ1n) is 4.73. The minimum absolute atomic E-state index is 0.00306. The van der Waals surface area contributed by atoms with Gasteiger partial charge in [0.15, 0.2) is 0 Å². The summed E-state index contributed by atoms with van der Waals surface area (Å²) >= 11 is 1.46. The highest BCUT2D eigenvalue weighted by atomic mass is 32.1. The molecule has 2 rings (SSSR count). The number of aromatic carboxylic acids is 2. The topological polar surface area (TPSA) is 74.6 Å². The second kappa shape index (κ2) is 4.39. The monoisotopic (exact) mass is 248 g/mol. The van der Waals surface area contributed by atoms with Gasteiger partial charge < -0.3 is 10.2 Å². The lowest BCUT2D eigenvalue weighted by molar-refractivity contribution is 0.0696. The Kier molecular flexibility index (Phi) is 2.93. The maximum absolute atomic E-state index is 11.1. The number of hydrogen-bond donors (Lipinski definition) is 2. The van der Waals surface area contributed by atoms with Crippen LogP contribution in [0.25, 0.3) is 11.1 Å². The van der Waals surface area contributed by atoms with E-state index in [4.69, 9.17) is 10.2 Å². The van der Waals surface area contributed by atoms with Crippen LogP contribution in [0.5, 0.6) is 0 Å². The smallest absolute Gasteiger partial charge is 0.336 e. The Morgan fingerprint density at radius 3 is 2.35 bits per heavy atom. The Bertz CT molecular complexity index is 572. The minimum atomic E-state index is -1.13. The predicted octanol–water partition coefficient (Wildman–Crippen LogP) is 2.81. The Hall–Kier alpha value is -2.14. The quantitative estimate of drug-likeness (QED) is 0.875. The fourth-order valence-electron chi connectivity index (χ4n) is 1.52. The zero-order valence-corrected chi connectivity index (χ0v) is 9.40. The van der Waals surface area contributed by atoms with Gasteiger partial charge >= 0.3 is 11.9 Å². The SMILES string of the molecule is O=C(O)c1ccc(-c2ccsc2)c(C(=O)O)c1. The van der Waals surface area contributed by atoms with Crippen molar-refractivity contribution in [2.75, 3.05) is 0 Å². The van der Waals surface area contributed by atoms with E-state index >= 15 is 0 Å². The zero-order valence-electron chi connectivity index (χ0n) is 8.58. The molecule has 0 aliphatic rings. The molecular weight excluding hydrogens is 240 g/mol. The molecule has 0 aliphatic heterocycles. The van der Waals surface area contributed by atoms with Gasteiger partial charge in [0.25, 0.3) is 0 Å². The van der Waals surface area contributed by atoms with Gasteiger partial charge in [-0.1, -0.05) is 6.07 Å². The van der Waals surface area contributed by atoms with Crippen molar-refractivity contribution in [3.63, 3.8) is 0 Å². The maximum atomic E-state index is 11.1. The Morgan fingerprint density at radius 1 is 1.06 bits per heavy atom. The Labute approximate surface area is 101 Å². The number of carboxylic acids is 2. The molecule has 5 heteroatoms. The molecule has 0 amide bonds. The van der Waals surface area contributed by atoms with Gasteiger partial charge in [0, 0.05) is 0 Å². The molecule has 0 unspecified atom stereocenters. The molecule has 0 bridgehead atoms. The summed E-state index contributed by atoms with van der Waals surface area (Å²) in [4.78, 5) is 21.9. The summed E-state index contributed by atoms with van der Waals surface area (Å²) in [5, 5.41) is 21.6. The van der Waals surface area contributed by atoms with Crippen molar-refractivity contribution in [2.45, 2.75) is 0 Å². The van der Waals surface area contributed by atoms with Gasteiger partial charge in [-0.2, -0.15) is 11.3 Å². The van der Waals surface area contributed by atoms with E-state index < -0.39 is 11.9 Å². The molecule has 0 atom stereocenters. The summed E-state index contributed by atoms with van der Waals surface area (Å²) < 4.78 is 0. The molecule has 2 aromatic rings. The first-order chi connectivity index (χ1) is 8.09. The third kappa shape index (κ3) is 2.19. The minimum Gasteiger partial charge on any atom is -0.478 e. The van der Waals surface area contributed by atoms with Crippen molar-refractivity contribution in [3.8, 4) is 11.1 Å². The van der Waals surface area contributed by atoms with E-state index in [1.165, 1.54) is 29.5 Å². The van der Waals surface area contributed by atoms with Crippen LogP contribution in [0, 0.1) is 0 Å². The van der Waals surface area contributed by atoms with Gasteiger partial charge in [-0.05, 0) is 40.1 Å². The van der Waals surface area contributed by atoms with Crippen molar-refractivity contribution >= 4 is 23.3 Å². The van der Waals surface area contributed by atoms with Gasteiger partial charge in [-0.3, -0.25) is 0 Å². The van der Waals surface area contributed by atoms with Gasteiger partial charge in [-0.15, -0.1) is 0 Å². The van der Waals surface area contributed by atoms with Crippen molar-refractivity contribution in [1.82, 2.24) is 0 Å². The lowest BCUT2D eigenvalue weighted by Gasteiger charge is -2.05. The maximum Gasteiger partial charge on any atom is 0.336 e. The van der Waals surface area contributed by atoms with Crippen LogP contribution in [0.15, 0.2) is 35.0 Å². The first kappa shape index (κ1) is 11.3. The molecule has 86 valence electrons. The lowest BCUT2D eigenvalue weighted by atomic mass is 9.99. The molecule has 0 saturated heterocycles. The summed E-state index contributed by atoms with van der Waals surface area (Å²) in [6, 6.07) is 5.90. The highest BCUT2D eigenvalue weighted by Crippen LogP contribution is 2.26. The zero-order chi connectivity index (χ0) is 12.4. The number of carboxylic acid groups (broad SMARTS) is 2. The Morgan fingerprint density at radius 2 is 1.82 bits per heavy atom. The molecule has 1 aromatic heterocycles. The van der Waals surface area contributed by atoms with Crippen molar-refractivity contribution in [3.05, 3.63) is 46.2 Å². The van der Waals surface area contributed by atoms with E-state index in [0.29, 0.717) is 5.56 Å². The van der Waals surface area contributed by atoms with Crippen molar-refractivity contribution in [1.29, 1.82) is 0 Å². The summed E-state index contributed by atoms with van der Waals surface area (Å²) in [6.45, 7) is 0. The standard InChI is InChI=1S/C12H8O4S/c13-11(14)7-1-2-9(8-3-4-17-6-8)10(5-7)12(15)16/h1-6H,(H,13,14)(H,15,16). The molecule has 0 saturated carbocycles. The lowest BCUT2D eigenvalue weighted by Crippen LogP contribution is -2.04. The van der Waals surface area contributed by atoms with Gasteiger partial charge in [0.2, 0.25) is 0 Å². The van der Waals surface area contributed by atoms with Crippen LogP contribution < -0.4 is 0 Å².